The third kappa shape index (κ3) is 2.44. The summed E-state index contributed by atoms with van der Waals surface area (Å²) in [5.74, 6) is 1.75. The molecule has 20 heavy (non-hydrogen) atoms. The van der Waals surface area contributed by atoms with E-state index in [9.17, 15) is 0 Å². The van der Waals surface area contributed by atoms with E-state index in [1.807, 2.05) is 25.1 Å². The highest BCUT2D eigenvalue weighted by atomic mass is 79.9. The minimum atomic E-state index is 0.251. The molecule has 0 amide bonds. The van der Waals surface area contributed by atoms with Crippen LogP contribution in [0.5, 0.6) is 5.75 Å². The van der Waals surface area contributed by atoms with Gasteiger partial charge in [0, 0.05) is 5.56 Å². The number of aromatic nitrogens is 1. The summed E-state index contributed by atoms with van der Waals surface area (Å²) in [4.78, 5) is 0. The van der Waals surface area contributed by atoms with Gasteiger partial charge in [0.25, 0.3) is 0 Å². The Hall–Kier alpha value is -1.80. The lowest BCUT2D eigenvalue weighted by molar-refractivity contribution is 0.406. The zero-order valence-corrected chi connectivity index (χ0v) is 13.4. The van der Waals surface area contributed by atoms with Gasteiger partial charge in [-0.15, -0.1) is 0 Å². The van der Waals surface area contributed by atoms with Crippen molar-refractivity contribution in [3.63, 3.8) is 0 Å². The van der Waals surface area contributed by atoms with Crippen LogP contribution in [0.25, 0.3) is 11.3 Å². The molecule has 0 aliphatic rings. The van der Waals surface area contributed by atoms with Gasteiger partial charge < -0.3 is 9.26 Å². The number of aryl methyl sites for hydroxylation is 1. The van der Waals surface area contributed by atoms with Crippen LogP contribution >= 0.6 is 15.9 Å². The molecule has 0 saturated carbocycles. The molecule has 4 nitrogen and oxygen atoms in total. The normalized spacial score (nSPS) is 10.7. The zero-order chi connectivity index (χ0) is 14.9. The summed E-state index contributed by atoms with van der Waals surface area (Å²) in [6, 6.07) is 6.00. The average molecular weight is 335 g/mol. The Morgan fingerprint density at radius 1 is 1.40 bits per heavy atom. The second-order valence-electron chi connectivity index (χ2n) is 4.85. The summed E-state index contributed by atoms with van der Waals surface area (Å²) in [7, 11) is 1.67. The van der Waals surface area contributed by atoms with Crippen molar-refractivity contribution in [1.29, 1.82) is 5.26 Å². The van der Waals surface area contributed by atoms with Gasteiger partial charge >= 0.3 is 0 Å². The Morgan fingerprint density at radius 3 is 2.60 bits per heavy atom. The highest BCUT2D eigenvalue weighted by Crippen LogP contribution is 2.38. The van der Waals surface area contributed by atoms with Crippen molar-refractivity contribution in [3.05, 3.63) is 33.4 Å². The van der Waals surface area contributed by atoms with Crippen LogP contribution in [0, 0.1) is 18.3 Å². The van der Waals surface area contributed by atoms with Gasteiger partial charge in [-0.1, -0.05) is 19.0 Å². The second-order valence-corrected chi connectivity index (χ2v) is 5.64. The fraction of sp³-hybridized carbons (Fsp3) is 0.333. The molecule has 0 fully saturated rings. The third-order valence-electron chi connectivity index (χ3n) is 3.18. The number of benzene rings is 1. The first kappa shape index (κ1) is 14.6. The van der Waals surface area contributed by atoms with E-state index in [1.54, 1.807) is 7.11 Å². The lowest BCUT2D eigenvalue weighted by Crippen LogP contribution is -1.97. The molecule has 2 rings (SSSR count). The average Bonchev–Trinajstić information content (AvgIpc) is 2.79. The van der Waals surface area contributed by atoms with E-state index in [1.165, 1.54) is 0 Å². The van der Waals surface area contributed by atoms with Crippen LogP contribution in [0.1, 0.15) is 36.6 Å². The Bertz CT molecular complexity index is 684. The Labute approximate surface area is 126 Å². The van der Waals surface area contributed by atoms with Gasteiger partial charge in [-0.3, -0.25) is 0 Å². The number of nitrogens with zero attached hydrogens (tertiary/aromatic N) is 2. The van der Waals surface area contributed by atoms with Gasteiger partial charge in [0.1, 0.15) is 16.3 Å². The molecule has 2 aromatic rings. The third-order valence-corrected chi connectivity index (χ3v) is 3.92. The first-order valence-corrected chi connectivity index (χ1v) is 7.03. The SMILES string of the molecule is COc1cc(C)c(-c2onc(C#N)c2Br)cc1C(C)C. The number of nitriles is 1. The molecule has 0 radical (unpaired) electrons. The van der Waals surface area contributed by atoms with Crippen LogP contribution in [0.3, 0.4) is 0 Å². The van der Waals surface area contributed by atoms with E-state index < -0.39 is 0 Å². The highest BCUT2D eigenvalue weighted by molar-refractivity contribution is 9.10. The molecule has 0 aliphatic heterocycles. The van der Waals surface area contributed by atoms with Crippen LogP contribution in [-0.4, -0.2) is 12.3 Å². The molecule has 0 bridgehead atoms. The first-order valence-electron chi connectivity index (χ1n) is 6.23. The van der Waals surface area contributed by atoms with Crippen LogP contribution in [0.15, 0.2) is 21.1 Å². The van der Waals surface area contributed by atoms with E-state index in [0.717, 1.165) is 22.4 Å². The van der Waals surface area contributed by atoms with E-state index in [4.69, 9.17) is 14.5 Å². The van der Waals surface area contributed by atoms with Crippen LogP contribution in [0.4, 0.5) is 0 Å². The van der Waals surface area contributed by atoms with Crippen LogP contribution in [0.2, 0.25) is 0 Å². The smallest absolute Gasteiger partial charge is 0.198 e. The quantitative estimate of drug-likeness (QED) is 0.833. The molecule has 0 unspecified atom stereocenters. The maximum Gasteiger partial charge on any atom is 0.198 e. The molecular weight excluding hydrogens is 320 g/mol. The van der Waals surface area contributed by atoms with Crippen molar-refractivity contribution in [3.8, 4) is 23.1 Å². The fourth-order valence-electron chi connectivity index (χ4n) is 2.09. The van der Waals surface area contributed by atoms with Gasteiger partial charge in [0.05, 0.1) is 7.11 Å². The lowest BCUT2D eigenvalue weighted by Gasteiger charge is -2.15. The van der Waals surface area contributed by atoms with Crippen molar-refractivity contribution in [2.75, 3.05) is 7.11 Å². The number of methoxy groups -OCH3 is 1. The van der Waals surface area contributed by atoms with E-state index in [0.29, 0.717) is 16.2 Å². The number of ether oxygens (including phenoxy) is 1. The molecule has 0 atom stereocenters. The zero-order valence-electron chi connectivity index (χ0n) is 11.8. The fourth-order valence-corrected chi connectivity index (χ4v) is 2.53. The summed E-state index contributed by atoms with van der Waals surface area (Å²) in [6.07, 6.45) is 0. The van der Waals surface area contributed by atoms with Gasteiger partial charge in [0.15, 0.2) is 11.5 Å². The second kappa shape index (κ2) is 5.68. The van der Waals surface area contributed by atoms with E-state index in [2.05, 4.69) is 34.9 Å². The largest absolute Gasteiger partial charge is 0.496 e. The maximum absolute atomic E-state index is 8.95. The Kier molecular flexibility index (Phi) is 4.15. The maximum atomic E-state index is 8.95. The molecule has 1 aromatic heterocycles. The molecular formula is C15H15BrN2O2. The summed E-state index contributed by atoms with van der Waals surface area (Å²) in [5.41, 5.74) is 3.26. The monoisotopic (exact) mass is 334 g/mol. The molecule has 0 spiro atoms. The number of hydrogen-bond donors (Lipinski definition) is 0. The van der Waals surface area contributed by atoms with Crippen molar-refractivity contribution in [2.45, 2.75) is 26.7 Å². The van der Waals surface area contributed by atoms with Gasteiger partial charge in [-0.05, 0) is 52.0 Å². The number of hydrogen-bond acceptors (Lipinski definition) is 4. The minimum absolute atomic E-state index is 0.251. The minimum Gasteiger partial charge on any atom is -0.496 e. The van der Waals surface area contributed by atoms with Gasteiger partial charge in [-0.25, -0.2) is 0 Å². The molecule has 5 heteroatoms. The summed E-state index contributed by atoms with van der Waals surface area (Å²) < 4.78 is 11.3. The summed E-state index contributed by atoms with van der Waals surface area (Å²) in [5, 5.41) is 12.7. The number of rotatable bonds is 3. The molecule has 1 aromatic carbocycles. The standard InChI is InChI=1S/C15H15BrN2O2/c1-8(2)10-6-11(9(3)5-13(10)19-4)15-14(16)12(7-17)18-20-15/h5-6,8H,1-4H3. The Balaban J connectivity index is 2.65. The lowest BCUT2D eigenvalue weighted by atomic mass is 9.95. The van der Waals surface area contributed by atoms with Gasteiger partial charge in [0.2, 0.25) is 0 Å². The molecule has 0 N–H and O–H groups in total. The number of halogens is 1. The van der Waals surface area contributed by atoms with Crippen LogP contribution in [-0.2, 0) is 0 Å². The predicted octanol–water partition coefficient (Wildman–Crippen LogP) is 4.42. The molecule has 104 valence electrons. The summed E-state index contributed by atoms with van der Waals surface area (Å²) in [6.45, 7) is 6.18. The topological polar surface area (TPSA) is 59.1 Å². The summed E-state index contributed by atoms with van der Waals surface area (Å²) >= 11 is 3.37. The Morgan fingerprint density at radius 2 is 2.10 bits per heavy atom. The first-order chi connectivity index (χ1) is 9.49. The predicted molar refractivity (Wildman–Crippen MR) is 79.7 cm³/mol. The molecule has 1 heterocycles. The van der Waals surface area contributed by atoms with Crippen molar-refractivity contribution >= 4 is 15.9 Å². The molecule has 0 saturated heterocycles. The molecule has 0 aliphatic carbocycles. The van der Waals surface area contributed by atoms with Crippen molar-refractivity contribution in [1.82, 2.24) is 5.16 Å². The van der Waals surface area contributed by atoms with Gasteiger partial charge in [-0.2, -0.15) is 5.26 Å². The van der Waals surface area contributed by atoms with Crippen LogP contribution < -0.4 is 4.74 Å². The van der Waals surface area contributed by atoms with Crippen molar-refractivity contribution < 1.29 is 9.26 Å². The van der Waals surface area contributed by atoms with E-state index >= 15 is 0 Å². The highest BCUT2D eigenvalue weighted by Gasteiger charge is 2.19. The van der Waals surface area contributed by atoms with Crippen molar-refractivity contribution in [2.24, 2.45) is 0 Å². The van der Waals surface area contributed by atoms with E-state index in [-0.39, 0.29) is 5.69 Å².